The molecule has 0 bridgehead atoms. The molecule has 1 saturated carbocycles. The van der Waals surface area contributed by atoms with E-state index in [9.17, 15) is 4.79 Å². The number of carbonyl (C=O) groups excluding carboxylic acids is 1. The van der Waals surface area contributed by atoms with E-state index in [1.54, 1.807) is 12.1 Å². The van der Waals surface area contributed by atoms with E-state index >= 15 is 0 Å². The molecule has 1 aromatic carbocycles. The Morgan fingerprint density at radius 2 is 1.77 bits per heavy atom. The fourth-order valence-corrected chi connectivity index (χ4v) is 3.09. The summed E-state index contributed by atoms with van der Waals surface area (Å²) in [5, 5.41) is 3.10. The van der Waals surface area contributed by atoms with Crippen LogP contribution in [0.15, 0.2) is 12.1 Å². The minimum absolute atomic E-state index is 0.118. The Morgan fingerprint density at radius 3 is 2.45 bits per heavy atom. The molecule has 5 nitrogen and oxygen atoms in total. The Morgan fingerprint density at radius 1 is 1.14 bits per heavy atom. The van der Waals surface area contributed by atoms with Crippen LogP contribution in [0.25, 0.3) is 0 Å². The highest BCUT2D eigenvalue weighted by molar-refractivity contribution is 6.00. The molecule has 0 spiro atoms. The van der Waals surface area contributed by atoms with Gasteiger partial charge in [-0.15, -0.1) is 0 Å². The van der Waals surface area contributed by atoms with Crippen LogP contribution in [0.2, 0.25) is 0 Å². The Bertz CT molecular complexity index is 551. The third kappa shape index (κ3) is 3.29. The van der Waals surface area contributed by atoms with Crippen molar-refractivity contribution in [1.82, 2.24) is 5.32 Å². The summed E-state index contributed by atoms with van der Waals surface area (Å²) in [6, 6.07) is 3.65. The lowest BCUT2D eigenvalue weighted by molar-refractivity contribution is 0.0923. The molecule has 1 aliphatic heterocycles. The van der Waals surface area contributed by atoms with Gasteiger partial charge in [-0.2, -0.15) is 0 Å². The number of nitrogen functional groups attached to an aromatic ring is 1. The number of hydrogen-bond acceptors (Lipinski definition) is 4. The van der Waals surface area contributed by atoms with Gasteiger partial charge in [0.15, 0.2) is 11.5 Å². The standard InChI is InChI=1S/C17H24N2O3/c1-11-3-5-12(6-4-11)19-17(20)13-9-15-16(10-14(13)18)22-8-2-7-21-15/h9-12H,2-8,18H2,1H3,(H,19,20). The van der Waals surface area contributed by atoms with Crippen molar-refractivity contribution >= 4 is 11.6 Å². The average molecular weight is 304 g/mol. The van der Waals surface area contributed by atoms with E-state index in [0.29, 0.717) is 36.0 Å². The predicted octanol–water partition coefficient (Wildman–Crippen LogP) is 2.74. The Hall–Kier alpha value is -1.91. The van der Waals surface area contributed by atoms with Gasteiger partial charge in [0.2, 0.25) is 0 Å². The molecule has 5 heteroatoms. The van der Waals surface area contributed by atoms with E-state index in [0.717, 1.165) is 25.2 Å². The average Bonchev–Trinajstić information content (AvgIpc) is 2.73. The van der Waals surface area contributed by atoms with E-state index in [4.69, 9.17) is 15.2 Å². The largest absolute Gasteiger partial charge is 0.490 e. The summed E-state index contributed by atoms with van der Waals surface area (Å²) in [6.07, 6.45) is 5.24. The van der Waals surface area contributed by atoms with Crippen LogP contribution in [0, 0.1) is 5.92 Å². The van der Waals surface area contributed by atoms with Crippen molar-refractivity contribution in [3.63, 3.8) is 0 Å². The zero-order valence-electron chi connectivity index (χ0n) is 13.1. The van der Waals surface area contributed by atoms with Crippen molar-refractivity contribution in [3.8, 4) is 11.5 Å². The molecule has 1 aromatic rings. The van der Waals surface area contributed by atoms with Gasteiger partial charge in [-0.1, -0.05) is 6.92 Å². The van der Waals surface area contributed by atoms with E-state index in [2.05, 4.69) is 12.2 Å². The van der Waals surface area contributed by atoms with Crippen molar-refractivity contribution in [2.45, 2.75) is 45.1 Å². The lowest BCUT2D eigenvalue weighted by Gasteiger charge is -2.27. The number of fused-ring (bicyclic) bond motifs is 1. The summed E-state index contributed by atoms with van der Waals surface area (Å²) in [6.45, 7) is 3.47. The highest BCUT2D eigenvalue weighted by atomic mass is 16.5. The third-order valence-electron chi connectivity index (χ3n) is 4.52. The predicted molar refractivity (Wildman–Crippen MR) is 85.3 cm³/mol. The molecule has 0 aromatic heterocycles. The Labute approximate surface area is 131 Å². The number of hydrogen-bond donors (Lipinski definition) is 2. The smallest absolute Gasteiger partial charge is 0.253 e. The van der Waals surface area contributed by atoms with Crippen molar-refractivity contribution in [2.75, 3.05) is 18.9 Å². The molecule has 2 aliphatic rings. The summed E-state index contributed by atoms with van der Waals surface area (Å²) in [7, 11) is 0. The van der Waals surface area contributed by atoms with E-state index < -0.39 is 0 Å². The highest BCUT2D eigenvalue weighted by Gasteiger charge is 2.23. The first-order valence-corrected chi connectivity index (χ1v) is 8.13. The molecule has 120 valence electrons. The molecule has 1 amide bonds. The lowest BCUT2D eigenvalue weighted by atomic mass is 9.87. The molecule has 22 heavy (non-hydrogen) atoms. The molecule has 3 rings (SSSR count). The maximum Gasteiger partial charge on any atom is 0.253 e. The number of rotatable bonds is 2. The summed E-state index contributed by atoms with van der Waals surface area (Å²) in [5.74, 6) is 1.87. The highest BCUT2D eigenvalue weighted by Crippen LogP contribution is 2.34. The normalized spacial score (nSPS) is 24.4. The Kier molecular flexibility index (Phi) is 4.41. The first-order valence-electron chi connectivity index (χ1n) is 8.13. The molecule has 0 unspecified atom stereocenters. The monoisotopic (exact) mass is 304 g/mol. The summed E-state index contributed by atoms with van der Waals surface area (Å²) in [5.41, 5.74) is 6.94. The molecular formula is C17H24N2O3. The zero-order chi connectivity index (χ0) is 15.5. The van der Waals surface area contributed by atoms with Gasteiger partial charge in [-0.3, -0.25) is 4.79 Å². The van der Waals surface area contributed by atoms with Crippen molar-refractivity contribution in [1.29, 1.82) is 0 Å². The van der Waals surface area contributed by atoms with Gasteiger partial charge in [0.1, 0.15) is 0 Å². The van der Waals surface area contributed by atoms with Crippen LogP contribution in [0.5, 0.6) is 11.5 Å². The van der Waals surface area contributed by atoms with Gasteiger partial charge in [0, 0.05) is 24.2 Å². The van der Waals surface area contributed by atoms with Gasteiger partial charge < -0.3 is 20.5 Å². The van der Waals surface area contributed by atoms with Gasteiger partial charge in [0.25, 0.3) is 5.91 Å². The Balaban J connectivity index is 1.73. The van der Waals surface area contributed by atoms with E-state index in [1.807, 2.05) is 0 Å². The molecule has 0 saturated heterocycles. The van der Waals surface area contributed by atoms with Crippen LogP contribution in [-0.2, 0) is 0 Å². The van der Waals surface area contributed by atoms with Crippen LogP contribution in [-0.4, -0.2) is 25.2 Å². The van der Waals surface area contributed by atoms with Gasteiger partial charge in [0.05, 0.1) is 18.8 Å². The molecule has 0 atom stereocenters. The maximum absolute atomic E-state index is 12.5. The summed E-state index contributed by atoms with van der Waals surface area (Å²) < 4.78 is 11.2. The van der Waals surface area contributed by atoms with Crippen LogP contribution >= 0.6 is 0 Å². The topological polar surface area (TPSA) is 73.6 Å². The minimum atomic E-state index is -0.118. The van der Waals surface area contributed by atoms with Gasteiger partial charge in [-0.05, 0) is 37.7 Å². The number of nitrogens with two attached hydrogens (primary N) is 1. The molecule has 1 heterocycles. The zero-order valence-corrected chi connectivity index (χ0v) is 13.1. The number of anilines is 1. The van der Waals surface area contributed by atoms with Crippen molar-refractivity contribution in [2.24, 2.45) is 5.92 Å². The summed E-state index contributed by atoms with van der Waals surface area (Å²) >= 11 is 0. The summed E-state index contributed by atoms with van der Waals surface area (Å²) in [4.78, 5) is 12.5. The molecule has 1 aliphatic carbocycles. The van der Waals surface area contributed by atoms with E-state index in [1.165, 1.54) is 12.8 Å². The molecular weight excluding hydrogens is 280 g/mol. The first kappa shape index (κ1) is 15.0. The van der Waals surface area contributed by atoms with Gasteiger partial charge >= 0.3 is 0 Å². The van der Waals surface area contributed by atoms with Crippen LogP contribution < -0.4 is 20.5 Å². The number of amides is 1. The molecule has 1 fully saturated rings. The molecule has 3 N–H and O–H groups in total. The van der Waals surface area contributed by atoms with Crippen LogP contribution in [0.3, 0.4) is 0 Å². The van der Waals surface area contributed by atoms with Crippen LogP contribution in [0.1, 0.15) is 49.4 Å². The minimum Gasteiger partial charge on any atom is -0.490 e. The van der Waals surface area contributed by atoms with Crippen molar-refractivity contribution < 1.29 is 14.3 Å². The number of nitrogens with one attached hydrogen (secondary N) is 1. The number of carbonyl (C=O) groups is 1. The van der Waals surface area contributed by atoms with Gasteiger partial charge in [-0.25, -0.2) is 0 Å². The first-order chi connectivity index (χ1) is 10.6. The second-order valence-electron chi connectivity index (χ2n) is 6.37. The molecule has 0 radical (unpaired) electrons. The third-order valence-corrected chi connectivity index (χ3v) is 4.52. The SMILES string of the molecule is CC1CCC(NC(=O)c2cc3c(cc2N)OCCCO3)CC1. The number of benzene rings is 1. The van der Waals surface area contributed by atoms with Crippen molar-refractivity contribution in [3.05, 3.63) is 17.7 Å². The van der Waals surface area contributed by atoms with Crippen LogP contribution in [0.4, 0.5) is 5.69 Å². The fourth-order valence-electron chi connectivity index (χ4n) is 3.09. The van der Waals surface area contributed by atoms with E-state index in [-0.39, 0.29) is 11.9 Å². The maximum atomic E-state index is 12.5. The second kappa shape index (κ2) is 6.46. The fraction of sp³-hybridized carbons (Fsp3) is 0.588. The lowest BCUT2D eigenvalue weighted by Crippen LogP contribution is -2.37. The number of ether oxygens (including phenoxy) is 2. The quantitative estimate of drug-likeness (QED) is 0.824. The second-order valence-corrected chi connectivity index (χ2v) is 6.37.